The van der Waals surface area contributed by atoms with Crippen LogP contribution in [0.4, 0.5) is 5.69 Å². The van der Waals surface area contributed by atoms with E-state index in [1.54, 1.807) is 17.5 Å². The predicted octanol–water partition coefficient (Wildman–Crippen LogP) is 3.28. The predicted molar refractivity (Wildman–Crippen MR) is 87.2 cm³/mol. The van der Waals surface area contributed by atoms with E-state index in [0.29, 0.717) is 11.2 Å². The summed E-state index contributed by atoms with van der Waals surface area (Å²) < 4.78 is 5.46. The van der Waals surface area contributed by atoms with Gasteiger partial charge in [0.05, 0.1) is 19.3 Å². The Labute approximate surface area is 133 Å². The van der Waals surface area contributed by atoms with E-state index in [1.165, 1.54) is 4.88 Å². The molecule has 1 unspecified atom stereocenters. The molecule has 0 spiro atoms. The van der Waals surface area contributed by atoms with Gasteiger partial charge in [-0.2, -0.15) is 0 Å². The molecule has 1 aliphatic rings. The Morgan fingerprint density at radius 1 is 1.38 bits per heavy atom. The average Bonchev–Trinajstić information content (AvgIpc) is 3.03. The zero-order chi connectivity index (χ0) is 14.5. The van der Waals surface area contributed by atoms with Crippen molar-refractivity contribution in [2.24, 2.45) is 0 Å². The third kappa shape index (κ3) is 3.95. The van der Waals surface area contributed by atoms with Crippen LogP contribution >= 0.6 is 22.9 Å². The van der Waals surface area contributed by atoms with Gasteiger partial charge in [-0.05, 0) is 23.6 Å². The van der Waals surface area contributed by atoms with Crippen molar-refractivity contribution in [2.45, 2.75) is 6.04 Å². The number of ether oxygens (including phenoxy) is 1. The molecule has 0 saturated carbocycles. The van der Waals surface area contributed by atoms with Gasteiger partial charge in [0.25, 0.3) is 0 Å². The zero-order valence-corrected chi connectivity index (χ0v) is 13.2. The summed E-state index contributed by atoms with van der Waals surface area (Å²) in [7, 11) is 0. The summed E-state index contributed by atoms with van der Waals surface area (Å²) in [5.41, 5.74) is 1.00. The SMILES string of the molecule is Clc1cc(NCC(c2cccs2)N2CCOCC2)ccn1. The first-order chi connectivity index (χ1) is 10.3. The Morgan fingerprint density at radius 2 is 2.24 bits per heavy atom. The molecule has 2 aromatic rings. The van der Waals surface area contributed by atoms with Crippen LogP contribution in [0.15, 0.2) is 35.8 Å². The Hall–Kier alpha value is -1.14. The van der Waals surface area contributed by atoms with Crippen LogP contribution in [0.3, 0.4) is 0 Å². The molecule has 1 atom stereocenters. The van der Waals surface area contributed by atoms with Crippen molar-refractivity contribution in [2.75, 3.05) is 38.2 Å². The molecule has 0 aromatic carbocycles. The highest BCUT2D eigenvalue weighted by atomic mass is 35.5. The second-order valence-corrected chi connectivity index (χ2v) is 6.29. The lowest BCUT2D eigenvalue weighted by Gasteiger charge is -2.34. The normalized spacial score (nSPS) is 17.6. The fourth-order valence-corrected chi connectivity index (χ4v) is 3.54. The number of pyridine rings is 1. The minimum Gasteiger partial charge on any atom is -0.383 e. The maximum Gasteiger partial charge on any atom is 0.131 e. The van der Waals surface area contributed by atoms with Crippen LogP contribution in [-0.2, 0) is 4.74 Å². The van der Waals surface area contributed by atoms with Gasteiger partial charge in [0.15, 0.2) is 0 Å². The number of anilines is 1. The first kappa shape index (κ1) is 14.8. The van der Waals surface area contributed by atoms with E-state index in [1.807, 2.05) is 12.1 Å². The molecular weight excluding hydrogens is 306 g/mol. The summed E-state index contributed by atoms with van der Waals surface area (Å²) in [6, 6.07) is 8.46. The molecule has 0 aliphatic carbocycles. The molecular formula is C15H18ClN3OS. The van der Waals surface area contributed by atoms with Crippen molar-refractivity contribution in [1.29, 1.82) is 0 Å². The van der Waals surface area contributed by atoms with Gasteiger partial charge < -0.3 is 10.1 Å². The third-order valence-corrected chi connectivity index (χ3v) is 4.76. The van der Waals surface area contributed by atoms with Gasteiger partial charge in [-0.1, -0.05) is 17.7 Å². The van der Waals surface area contributed by atoms with E-state index in [-0.39, 0.29) is 0 Å². The summed E-state index contributed by atoms with van der Waals surface area (Å²) in [6.45, 7) is 4.41. The topological polar surface area (TPSA) is 37.4 Å². The highest BCUT2D eigenvalue weighted by molar-refractivity contribution is 7.10. The van der Waals surface area contributed by atoms with Crippen LogP contribution < -0.4 is 5.32 Å². The quantitative estimate of drug-likeness (QED) is 0.857. The van der Waals surface area contributed by atoms with Crippen LogP contribution in [-0.4, -0.2) is 42.7 Å². The Morgan fingerprint density at radius 3 is 2.95 bits per heavy atom. The molecule has 6 heteroatoms. The molecule has 4 nitrogen and oxygen atoms in total. The molecule has 1 saturated heterocycles. The second kappa shape index (κ2) is 7.22. The Kier molecular flexibility index (Phi) is 5.08. The number of aromatic nitrogens is 1. The average molecular weight is 324 g/mol. The first-order valence-corrected chi connectivity index (χ1v) is 8.29. The second-order valence-electron chi connectivity index (χ2n) is 4.93. The van der Waals surface area contributed by atoms with Gasteiger partial charge in [0.2, 0.25) is 0 Å². The molecule has 0 radical (unpaired) electrons. The molecule has 0 bridgehead atoms. The van der Waals surface area contributed by atoms with Gasteiger partial charge >= 0.3 is 0 Å². The van der Waals surface area contributed by atoms with Crippen molar-refractivity contribution < 1.29 is 4.74 Å². The number of hydrogen-bond donors (Lipinski definition) is 1. The van der Waals surface area contributed by atoms with E-state index in [9.17, 15) is 0 Å². The molecule has 3 rings (SSSR count). The van der Waals surface area contributed by atoms with E-state index in [2.05, 4.69) is 32.7 Å². The molecule has 3 heterocycles. The van der Waals surface area contributed by atoms with Crippen LogP contribution in [0.1, 0.15) is 10.9 Å². The third-order valence-electron chi connectivity index (χ3n) is 3.58. The van der Waals surface area contributed by atoms with Gasteiger partial charge in [0.1, 0.15) is 5.15 Å². The number of rotatable bonds is 5. The smallest absolute Gasteiger partial charge is 0.131 e. The van der Waals surface area contributed by atoms with E-state index >= 15 is 0 Å². The molecule has 1 aliphatic heterocycles. The Bertz CT molecular complexity index is 558. The van der Waals surface area contributed by atoms with Gasteiger partial charge in [-0.15, -0.1) is 11.3 Å². The lowest BCUT2D eigenvalue weighted by Crippen LogP contribution is -2.41. The largest absolute Gasteiger partial charge is 0.383 e. The fraction of sp³-hybridized carbons (Fsp3) is 0.400. The summed E-state index contributed by atoms with van der Waals surface area (Å²) in [4.78, 5) is 7.86. The van der Waals surface area contributed by atoms with Crippen molar-refractivity contribution >= 4 is 28.6 Å². The van der Waals surface area contributed by atoms with Crippen LogP contribution in [0.25, 0.3) is 0 Å². The van der Waals surface area contributed by atoms with Crippen molar-refractivity contribution in [3.05, 3.63) is 45.9 Å². The lowest BCUT2D eigenvalue weighted by molar-refractivity contribution is 0.0194. The summed E-state index contributed by atoms with van der Waals surface area (Å²) >= 11 is 7.73. The van der Waals surface area contributed by atoms with Crippen LogP contribution in [0, 0.1) is 0 Å². The van der Waals surface area contributed by atoms with Crippen LogP contribution in [0.5, 0.6) is 0 Å². The number of hydrogen-bond acceptors (Lipinski definition) is 5. The number of thiophene rings is 1. The lowest BCUT2D eigenvalue weighted by atomic mass is 10.2. The summed E-state index contributed by atoms with van der Waals surface area (Å²) in [5.74, 6) is 0. The van der Waals surface area contributed by atoms with E-state index < -0.39 is 0 Å². The molecule has 21 heavy (non-hydrogen) atoms. The molecule has 1 fully saturated rings. The maximum absolute atomic E-state index is 5.93. The number of nitrogens with zero attached hydrogens (tertiary/aromatic N) is 2. The first-order valence-electron chi connectivity index (χ1n) is 7.03. The highest BCUT2D eigenvalue weighted by Gasteiger charge is 2.23. The molecule has 1 N–H and O–H groups in total. The van der Waals surface area contributed by atoms with Gasteiger partial charge in [0, 0.05) is 36.4 Å². The minimum absolute atomic E-state index is 0.362. The van der Waals surface area contributed by atoms with Crippen LogP contribution in [0.2, 0.25) is 5.15 Å². The maximum atomic E-state index is 5.93. The van der Waals surface area contributed by atoms with E-state index in [4.69, 9.17) is 16.3 Å². The number of halogens is 1. The van der Waals surface area contributed by atoms with Crippen molar-refractivity contribution in [3.8, 4) is 0 Å². The number of morpholine rings is 1. The number of nitrogens with one attached hydrogen (secondary N) is 1. The zero-order valence-electron chi connectivity index (χ0n) is 11.7. The molecule has 0 amide bonds. The van der Waals surface area contributed by atoms with Crippen molar-refractivity contribution in [3.63, 3.8) is 0 Å². The monoisotopic (exact) mass is 323 g/mol. The van der Waals surface area contributed by atoms with Gasteiger partial charge in [-0.3, -0.25) is 4.90 Å². The summed E-state index contributed by atoms with van der Waals surface area (Å²) in [6.07, 6.45) is 1.72. The molecule has 112 valence electrons. The van der Waals surface area contributed by atoms with E-state index in [0.717, 1.165) is 38.5 Å². The van der Waals surface area contributed by atoms with Crippen molar-refractivity contribution in [1.82, 2.24) is 9.88 Å². The Balaban J connectivity index is 1.70. The summed E-state index contributed by atoms with van der Waals surface area (Å²) in [5, 5.41) is 6.11. The fourth-order valence-electron chi connectivity index (χ4n) is 2.51. The molecule has 2 aromatic heterocycles. The minimum atomic E-state index is 0.362. The highest BCUT2D eigenvalue weighted by Crippen LogP contribution is 2.26. The standard InChI is InChI=1S/C15H18ClN3OS/c16-15-10-12(3-4-17-15)18-11-13(14-2-1-9-21-14)19-5-7-20-8-6-19/h1-4,9-10,13H,5-8,11H2,(H,17,18). The van der Waals surface area contributed by atoms with Gasteiger partial charge in [-0.25, -0.2) is 4.98 Å².